The Kier molecular flexibility index (Phi) is 13.0. The number of amides is 2. The van der Waals surface area contributed by atoms with Crippen LogP contribution in [0, 0.1) is 11.8 Å². The molecule has 0 bridgehead atoms. The van der Waals surface area contributed by atoms with Crippen LogP contribution in [-0.2, 0) is 0 Å². The Morgan fingerprint density at radius 1 is 1.17 bits per heavy atom. The monoisotopic (exact) mass is 294 g/mol. The predicted molar refractivity (Wildman–Crippen MR) is 83.3 cm³/mol. The number of carbonyl (C=O) groups is 2. The second kappa shape index (κ2) is 11.7. The second-order valence-electron chi connectivity index (χ2n) is 4.73. The summed E-state index contributed by atoms with van der Waals surface area (Å²) in [6.07, 6.45) is 0. The molecule has 0 atom stereocenters. The molecule has 2 amide bonds. The number of thiol groups is 1. The maximum absolute atomic E-state index is 11.7. The molecule has 0 heterocycles. The average molecular weight is 294 g/mol. The minimum absolute atomic E-state index is 0.231. The number of nitrogens with zero attached hydrogens (tertiary/aromatic N) is 1. The van der Waals surface area contributed by atoms with Gasteiger partial charge in [0.15, 0.2) is 0 Å². The van der Waals surface area contributed by atoms with Crippen molar-refractivity contribution in [2.24, 2.45) is 17.6 Å². The highest BCUT2D eigenvalue weighted by atomic mass is 32.2. The van der Waals surface area contributed by atoms with E-state index >= 15 is 0 Å². The third-order valence-corrected chi connectivity index (χ3v) is 2.49. The molecule has 0 aromatic heterocycles. The van der Waals surface area contributed by atoms with Crippen LogP contribution in [0.1, 0.15) is 34.6 Å². The fourth-order valence-electron chi connectivity index (χ4n) is 1.32. The first-order valence-electron chi connectivity index (χ1n) is 6.10. The Morgan fingerprint density at radius 3 is 1.72 bits per heavy atom. The Bertz CT molecular complexity index is 232. The first-order chi connectivity index (χ1) is 8.20. The summed E-state index contributed by atoms with van der Waals surface area (Å²) < 4.78 is 0. The molecule has 0 unspecified atom stereocenters. The van der Waals surface area contributed by atoms with Crippen LogP contribution in [0.25, 0.3) is 0 Å². The third kappa shape index (κ3) is 15.6. The minimum Gasteiger partial charge on any atom is -0.361 e. The maximum Gasteiger partial charge on any atom is 0.281 e. The molecule has 0 rings (SSSR count). The van der Waals surface area contributed by atoms with E-state index in [1.165, 1.54) is 11.8 Å². The number of nitrogens with two attached hydrogens (primary N) is 1. The van der Waals surface area contributed by atoms with Crippen molar-refractivity contribution in [2.75, 3.05) is 18.8 Å². The maximum atomic E-state index is 11.7. The van der Waals surface area contributed by atoms with Crippen molar-refractivity contribution in [3.8, 4) is 0 Å². The fraction of sp³-hybridized carbons (Fsp3) is 0.833. The lowest BCUT2D eigenvalue weighted by Gasteiger charge is -2.25. The smallest absolute Gasteiger partial charge is 0.281 e. The van der Waals surface area contributed by atoms with Crippen LogP contribution in [0.2, 0.25) is 0 Å². The van der Waals surface area contributed by atoms with Crippen molar-refractivity contribution < 1.29 is 9.59 Å². The van der Waals surface area contributed by atoms with Crippen LogP contribution in [0.4, 0.5) is 9.59 Å². The van der Waals surface area contributed by atoms with Crippen LogP contribution >= 0.6 is 24.4 Å². The van der Waals surface area contributed by atoms with E-state index in [0.29, 0.717) is 11.8 Å². The van der Waals surface area contributed by atoms with Gasteiger partial charge in [0.2, 0.25) is 0 Å². The van der Waals surface area contributed by atoms with Gasteiger partial charge in [-0.15, -0.1) is 0 Å². The lowest BCUT2D eigenvalue weighted by molar-refractivity contribution is 0.208. The van der Waals surface area contributed by atoms with Crippen molar-refractivity contribution in [3.63, 3.8) is 0 Å². The topological polar surface area (TPSA) is 63.4 Å². The molecular weight excluding hydrogens is 268 g/mol. The molecule has 6 heteroatoms. The predicted octanol–water partition coefficient (Wildman–Crippen LogP) is 3.47. The Morgan fingerprint density at radius 2 is 1.50 bits per heavy atom. The van der Waals surface area contributed by atoms with Gasteiger partial charge >= 0.3 is 0 Å². The molecule has 0 aromatic rings. The number of rotatable bonds is 5. The molecule has 0 aliphatic rings. The second-order valence-corrected chi connectivity index (χ2v) is 6.39. The fourth-order valence-corrected chi connectivity index (χ4v) is 1.90. The molecule has 0 saturated heterocycles. The van der Waals surface area contributed by atoms with Crippen LogP contribution in [0.3, 0.4) is 0 Å². The summed E-state index contributed by atoms with van der Waals surface area (Å²) in [6, 6.07) is 0. The van der Waals surface area contributed by atoms with Crippen molar-refractivity contribution in [3.05, 3.63) is 0 Å². The van der Waals surface area contributed by atoms with Gasteiger partial charge in [0, 0.05) is 13.1 Å². The lowest BCUT2D eigenvalue weighted by atomic mass is 10.1. The van der Waals surface area contributed by atoms with Gasteiger partial charge < -0.3 is 10.6 Å². The van der Waals surface area contributed by atoms with Gasteiger partial charge in [-0.25, -0.2) is 0 Å². The SMILES string of the molecule is CCSC(=O)N(CC(C)C)CC(C)C.NC(=O)S. The van der Waals surface area contributed by atoms with E-state index in [9.17, 15) is 4.79 Å². The molecule has 4 nitrogen and oxygen atoms in total. The van der Waals surface area contributed by atoms with Crippen molar-refractivity contribution in [2.45, 2.75) is 34.6 Å². The van der Waals surface area contributed by atoms with Gasteiger partial charge in [0.1, 0.15) is 0 Å². The third-order valence-electron chi connectivity index (χ3n) is 1.70. The molecule has 0 aliphatic heterocycles. The van der Waals surface area contributed by atoms with Crippen LogP contribution in [-0.4, -0.2) is 34.2 Å². The van der Waals surface area contributed by atoms with E-state index < -0.39 is 5.24 Å². The van der Waals surface area contributed by atoms with E-state index in [0.717, 1.165) is 18.8 Å². The molecule has 2 N–H and O–H groups in total. The van der Waals surface area contributed by atoms with Gasteiger partial charge in [0.25, 0.3) is 10.5 Å². The van der Waals surface area contributed by atoms with Crippen molar-refractivity contribution >= 4 is 34.9 Å². The highest BCUT2D eigenvalue weighted by Crippen LogP contribution is 2.12. The summed E-state index contributed by atoms with van der Waals surface area (Å²) in [5.74, 6) is 1.97. The first kappa shape index (κ1) is 20.0. The zero-order chi connectivity index (χ0) is 14.7. The standard InChI is InChI=1S/C11H23NOS.CH3NOS/c1-6-14-11(13)12(7-9(2)3)8-10(4)5;2-1(3)4/h9-10H,6-8H2,1-5H3;(H3,2,3,4). The summed E-state index contributed by atoms with van der Waals surface area (Å²) in [5, 5.41) is -0.407. The van der Waals surface area contributed by atoms with Gasteiger partial charge in [-0.2, -0.15) is 0 Å². The molecular formula is C12H26N2O2S2. The Labute approximate surface area is 120 Å². The van der Waals surface area contributed by atoms with Crippen LogP contribution in [0.5, 0.6) is 0 Å². The Hall–Kier alpha value is -0.360. The number of primary amides is 1. The van der Waals surface area contributed by atoms with E-state index in [1.807, 2.05) is 11.8 Å². The summed E-state index contributed by atoms with van der Waals surface area (Å²) in [6.45, 7) is 12.4. The molecule has 0 aliphatic carbocycles. The van der Waals surface area contributed by atoms with Crippen LogP contribution < -0.4 is 5.73 Å². The van der Waals surface area contributed by atoms with Gasteiger partial charge in [-0.05, 0) is 17.6 Å². The number of hydrogen-bond acceptors (Lipinski definition) is 3. The molecule has 0 radical (unpaired) electrons. The number of carbonyl (C=O) groups excluding carboxylic acids is 2. The van der Waals surface area contributed by atoms with E-state index in [1.54, 1.807) is 0 Å². The van der Waals surface area contributed by atoms with Gasteiger partial charge in [0.05, 0.1) is 0 Å². The zero-order valence-corrected chi connectivity index (χ0v) is 13.7. The molecule has 0 saturated carbocycles. The van der Waals surface area contributed by atoms with E-state index in [-0.39, 0.29) is 5.24 Å². The van der Waals surface area contributed by atoms with Gasteiger partial charge in [-0.3, -0.25) is 9.59 Å². The van der Waals surface area contributed by atoms with E-state index in [4.69, 9.17) is 4.79 Å². The van der Waals surface area contributed by atoms with Crippen LogP contribution in [0.15, 0.2) is 0 Å². The molecule has 0 aromatic carbocycles. The highest BCUT2D eigenvalue weighted by molar-refractivity contribution is 8.13. The summed E-state index contributed by atoms with van der Waals surface area (Å²) in [5.41, 5.74) is 4.34. The minimum atomic E-state index is -0.639. The average Bonchev–Trinajstić information content (AvgIpc) is 2.14. The number of hydrogen-bond donors (Lipinski definition) is 2. The largest absolute Gasteiger partial charge is 0.361 e. The molecule has 108 valence electrons. The quantitative estimate of drug-likeness (QED) is 0.763. The Balaban J connectivity index is 0. The van der Waals surface area contributed by atoms with Crippen molar-refractivity contribution in [1.82, 2.24) is 4.90 Å². The lowest BCUT2D eigenvalue weighted by Crippen LogP contribution is -2.34. The highest BCUT2D eigenvalue weighted by Gasteiger charge is 2.15. The van der Waals surface area contributed by atoms with Crippen molar-refractivity contribution in [1.29, 1.82) is 0 Å². The van der Waals surface area contributed by atoms with E-state index in [2.05, 4.69) is 46.1 Å². The number of thioether (sulfide) groups is 1. The summed E-state index contributed by atoms with van der Waals surface area (Å²) >= 11 is 4.52. The zero-order valence-electron chi connectivity index (χ0n) is 12.0. The normalized spacial score (nSPS) is 10.0. The molecule has 18 heavy (non-hydrogen) atoms. The molecule has 0 spiro atoms. The molecule has 0 fully saturated rings. The summed E-state index contributed by atoms with van der Waals surface area (Å²) in [4.78, 5) is 22.8. The first-order valence-corrected chi connectivity index (χ1v) is 7.54. The summed E-state index contributed by atoms with van der Waals surface area (Å²) in [7, 11) is 0. The van der Waals surface area contributed by atoms with Gasteiger partial charge in [-0.1, -0.05) is 59.0 Å².